The van der Waals surface area contributed by atoms with Crippen LogP contribution in [0.25, 0.3) is 0 Å². The third-order valence-corrected chi connectivity index (χ3v) is 2.72. The number of hydrogen-bond acceptors (Lipinski definition) is 4. The first kappa shape index (κ1) is 11.9. The molecular formula is C10H20O4. The van der Waals surface area contributed by atoms with Crippen molar-refractivity contribution < 1.29 is 20.1 Å². The molecule has 1 rings (SSSR count). The maximum absolute atomic E-state index is 9.57. The molecular weight excluding hydrogens is 184 g/mol. The van der Waals surface area contributed by atoms with Crippen molar-refractivity contribution in [3.8, 4) is 0 Å². The molecule has 1 aliphatic rings. The van der Waals surface area contributed by atoms with Crippen molar-refractivity contribution in [1.82, 2.24) is 0 Å². The van der Waals surface area contributed by atoms with Crippen LogP contribution in [0.3, 0.4) is 0 Å². The summed E-state index contributed by atoms with van der Waals surface area (Å²) < 4.78 is 5.52. The predicted molar refractivity (Wildman–Crippen MR) is 51.8 cm³/mol. The van der Waals surface area contributed by atoms with E-state index < -0.39 is 18.3 Å². The van der Waals surface area contributed by atoms with Crippen molar-refractivity contribution in [2.24, 2.45) is 5.41 Å². The highest BCUT2D eigenvalue weighted by molar-refractivity contribution is 4.89. The van der Waals surface area contributed by atoms with Crippen LogP contribution in [-0.2, 0) is 4.74 Å². The van der Waals surface area contributed by atoms with E-state index in [0.29, 0.717) is 6.42 Å². The molecule has 0 spiro atoms. The lowest BCUT2D eigenvalue weighted by molar-refractivity contribution is -0.201. The fourth-order valence-corrected chi connectivity index (χ4v) is 1.66. The molecule has 4 atom stereocenters. The van der Waals surface area contributed by atoms with Gasteiger partial charge in [0.1, 0.15) is 12.2 Å². The molecule has 0 saturated carbocycles. The molecule has 1 aliphatic heterocycles. The van der Waals surface area contributed by atoms with Crippen molar-refractivity contribution in [2.45, 2.75) is 51.6 Å². The van der Waals surface area contributed by atoms with Crippen LogP contribution in [0, 0.1) is 5.41 Å². The summed E-state index contributed by atoms with van der Waals surface area (Å²) in [6, 6.07) is 0. The fourth-order valence-electron chi connectivity index (χ4n) is 1.66. The third kappa shape index (κ3) is 2.45. The van der Waals surface area contributed by atoms with E-state index in [1.165, 1.54) is 0 Å². The standard InChI is InChI=1S/C10H20O4/c1-10(2,3)8-4-6(12)9(13)7(5-11)14-8/h6-9,11-13H,4-5H2,1-3H3/t6-,7?,8-,9-/m1/s1. The molecule has 0 amide bonds. The van der Waals surface area contributed by atoms with Crippen LogP contribution in [0.15, 0.2) is 0 Å². The Balaban J connectivity index is 2.68. The fraction of sp³-hybridized carbons (Fsp3) is 1.00. The zero-order valence-corrected chi connectivity index (χ0v) is 8.97. The molecule has 14 heavy (non-hydrogen) atoms. The molecule has 0 aromatic rings. The number of rotatable bonds is 1. The van der Waals surface area contributed by atoms with Gasteiger partial charge in [0.05, 0.1) is 18.8 Å². The summed E-state index contributed by atoms with van der Waals surface area (Å²) in [5.41, 5.74) is -0.0887. The van der Waals surface area contributed by atoms with E-state index in [1.807, 2.05) is 20.8 Å². The largest absolute Gasteiger partial charge is 0.394 e. The topological polar surface area (TPSA) is 69.9 Å². The maximum atomic E-state index is 9.57. The highest BCUT2D eigenvalue weighted by Crippen LogP contribution is 2.32. The Hall–Kier alpha value is -0.160. The zero-order valence-electron chi connectivity index (χ0n) is 8.97. The predicted octanol–water partition coefficient (Wildman–Crippen LogP) is -0.0959. The first-order valence-corrected chi connectivity index (χ1v) is 4.98. The van der Waals surface area contributed by atoms with E-state index in [9.17, 15) is 10.2 Å². The van der Waals surface area contributed by atoms with Crippen LogP contribution in [0.4, 0.5) is 0 Å². The van der Waals surface area contributed by atoms with Crippen LogP contribution in [-0.4, -0.2) is 46.3 Å². The summed E-state index contributed by atoms with van der Waals surface area (Å²) in [6.07, 6.45) is -2.15. The van der Waals surface area contributed by atoms with E-state index >= 15 is 0 Å². The Morgan fingerprint density at radius 2 is 1.86 bits per heavy atom. The summed E-state index contributed by atoms with van der Waals surface area (Å²) in [5, 5.41) is 28.0. The van der Waals surface area contributed by atoms with Crippen LogP contribution < -0.4 is 0 Å². The van der Waals surface area contributed by atoms with E-state index in [1.54, 1.807) is 0 Å². The molecule has 1 heterocycles. The second-order valence-electron chi connectivity index (χ2n) is 5.01. The van der Waals surface area contributed by atoms with Gasteiger partial charge in [-0.3, -0.25) is 0 Å². The SMILES string of the molecule is CC(C)(C)[C@H]1C[C@@H](O)[C@@H](O)C(CO)O1. The van der Waals surface area contributed by atoms with Crippen molar-refractivity contribution in [3.05, 3.63) is 0 Å². The Morgan fingerprint density at radius 1 is 1.29 bits per heavy atom. The number of ether oxygens (including phenoxy) is 1. The highest BCUT2D eigenvalue weighted by atomic mass is 16.5. The summed E-state index contributed by atoms with van der Waals surface area (Å²) in [6.45, 7) is 5.77. The minimum Gasteiger partial charge on any atom is -0.394 e. The summed E-state index contributed by atoms with van der Waals surface area (Å²) in [7, 11) is 0. The van der Waals surface area contributed by atoms with Gasteiger partial charge in [0.25, 0.3) is 0 Å². The molecule has 3 N–H and O–H groups in total. The second-order valence-corrected chi connectivity index (χ2v) is 5.01. The summed E-state index contributed by atoms with van der Waals surface area (Å²) in [4.78, 5) is 0. The molecule has 0 bridgehead atoms. The number of aliphatic hydroxyl groups is 3. The number of hydrogen-bond donors (Lipinski definition) is 3. The summed E-state index contributed by atoms with van der Waals surface area (Å²) >= 11 is 0. The molecule has 84 valence electrons. The molecule has 0 aliphatic carbocycles. The second kappa shape index (κ2) is 4.14. The molecule has 0 aromatic heterocycles. The van der Waals surface area contributed by atoms with Gasteiger partial charge in [-0.2, -0.15) is 0 Å². The molecule has 1 saturated heterocycles. The van der Waals surface area contributed by atoms with E-state index in [-0.39, 0.29) is 18.1 Å². The Kier molecular flexibility index (Phi) is 3.53. The molecule has 0 radical (unpaired) electrons. The zero-order chi connectivity index (χ0) is 10.9. The van der Waals surface area contributed by atoms with Crippen LogP contribution >= 0.6 is 0 Å². The van der Waals surface area contributed by atoms with Crippen LogP contribution in [0.1, 0.15) is 27.2 Å². The first-order valence-electron chi connectivity index (χ1n) is 4.98. The lowest BCUT2D eigenvalue weighted by Crippen LogP contribution is -2.52. The van der Waals surface area contributed by atoms with Crippen molar-refractivity contribution in [3.63, 3.8) is 0 Å². The Labute approximate surface area is 84.5 Å². The lowest BCUT2D eigenvalue weighted by atomic mass is 9.82. The van der Waals surface area contributed by atoms with Crippen LogP contribution in [0.5, 0.6) is 0 Å². The van der Waals surface area contributed by atoms with Gasteiger partial charge >= 0.3 is 0 Å². The maximum Gasteiger partial charge on any atom is 0.109 e. The van der Waals surface area contributed by atoms with Gasteiger partial charge in [-0.05, 0) is 5.41 Å². The molecule has 4 heteroatoms. The number of aliphatic hydroxyl groups excluding tert-OH is 3. The molecule has 1 unspecified atom stereocenters. The average Bonchev–Trinajstić information content (AvgIpc) is 2.07. The van der Waals surface area contributed by atoms with Gasteiger partial charge < -0.3 is 20.1 Å². The monoisotopic (exact) mass is 204 g/mol. The van der Waals surface area contributed by atoms with Crippen molar-refractivity contribution >= 4 is 0 Å². The normalized spacial score (nSPS) is 39.9. The van der Waals surface area contributed by atoms with Gasteiger partial charge in [0, 0.05) is 6.42 Å². The van der Waals surface area contributed by atoms with E-state index in [2.05, 4.69) is 0 Å². The van der Waals surface area contributed by atoms with Gasteiger partial charge in [-0.1, -0.05) is 20.8 Å². The van der Waals surface area contributed by atoms with Crippen molar-refractivity contribution in [2.75, 3.05) is 6.61 Å². The van der Waals surface area contributed by atoms with Gasteiger partial charge in [-0.15, -0.1) is 0 Å². The lowest BCUT2D eigenvalue weighted by Gasteiger charge is -2.42. The van der Waals surface area contributed by atoms with E-state index in [4.69, 9.17) is 9.84 Å². The quantitative estimate of drug-likeness (QED) is 0.558. The van der Waals surface area contributed by atoms with Crippen LogP contribution in [0.2, 0.25) is 0 Å². The first-order chi connectivity index (χ1) is 6.36. The summed E-state index contributed by atoms with van der Waals surface area (Å²) in [5.74, 6) is 0. The average molecular weight is 204 g/mol. The Bertz CT molecular complexity index is 187. The molecule has 0 aromatic carbocycles. The minimum absolute atomic E-state index is 0.0887. The van der Waals surface area contributed by atoms with E-state index in [0.717, 1.165) is 0 Å². The highest BCUT2D eigenvalue weighted by Gasteiger charge is 2.40. The van der Waals surface area contributed by atoms with Crippen molar-refractivity contribution in [1.29, 1.82) is 0 Å². The Morgan fingerprint density at radius 3 is 2.29 bits per heavy atom. The molecule has 4 nitrogen and oxygen atoms in total. The van der Waals surface area contributed by atoms with Gasteiger partial charge in [0.2, 0.25) is 0 Å². The molecule has 1 fully saturated rings. The third-order valence-electron chi connectivity index (χ3n) is 2.72. The smallest absolute Gasteiger partial charge is 0.109 e. The van der Waals surface area contributed by atoms with Gasteiger partial charge in [0.15, 0.2) is 0 Å². The minimum atomic E-state index is -0.974. The van der Waals surface area contributed by atoms with Gasteiger partial charge in [-0.25, -0.2) is 0 Å².